The molecule has 1 atom stereocenters. The van der Waals surface area contributed by atoms with Gasteiger partial charge < -0.3 is 15.3 Å². The smallest absolute Gasteiger partial charge is 0.338 e. The lowest BCUT2D eigenvalue weighted by Crippen LogP contribution is -2.26. The molecule has 2 aromatic rings. The third-order valence-corrected chi connectivity index (χ3v) is 8.25. The van der Waals surface area contributed by atoms with Gasteiger partial charge in [-0.1, -0.05) is 38.5 Å². The third-order valence-electron chi connectivity index (χ3n) is 6.83. The molecule has 1 aliphatic carbocycles. The summed E-state index contributed by atoms with van der Waals surface area (Å²) < 4.78 is 29.5. The number of hydrogen-bond donors (Lipinski definition) is 3. The molecule has 0 amide bonds. The van der Waals surface area contributed by atoms with Gasteiger partial charge in [0, 0.05) is 6.04 Å². The lowest BCUT2D eigenvalue weighted by atomic mass is 9.96. The maximum Gasteiger partial charge on any atom is 0.338 e. The lowest BCUT2D eigenvalue weighted by molar-refractivity contribution is 0.0696. The molecule has 0 bridgehead atoms. The second-order valence-electron chi connectivity index (χ2n) is 9.31. The Morgan fingerprint density at radius 3 is 2.46 bits per heavy atom. The van der Waals surface area contributed by atoms with Crippen LogP contribution in [-0.2, 0) is 22.9 Å². The Labute approximate surface area is 210 Å². The average molecular weight is 502 g/mol. The molecule has 192 valence electrons. The van der Waals surface area contributed by atoms with Crippen molar-refractivity contribution < 1.29 is 18.3 Å². The predicted octanol–water partition coefficient (Wildman–Crippen LogP) is 5.38. The number of anilines is 2. The number of hydrogen-bond acceptors (Lipinski definition) is 5. The molecule has 35 heavy (non-hydrogen) atoms. The number of carboxylic acid groups (broad SMARTS) is 1. The minimum Gasteiger partial charge on any atom is -0.478 e. The molecule has 3 N–H and O–H groups in total. The van der Waals surface area contributed by atoms with Crippen LogP contribution in [0.15, 0.2) is 41.3 Å². The molecule has 0 spiro atoms. The number of rotatable bonds is 12. The van der Waals surface area contributed by atoms with Crippen LogP contribution in [0.1, 0.15) is 74.4 Å². The van der Waals surface area contributed by atoms with Gasteiger partial charge in [0.25, 0.3) is 10.0 Å². The number of nitrogens with zero attached hydrogens (tertiary/aromatic N) is 1. The van der Waals surface area contributed by atoms with Crippen LogP contribution >= 0.6 is 0 Å². The van der Waals surface area contributed by atoms with Gasteiger partial charge in [-0.25, -0.2) is 13.2 Å². The second-order valence-corrected chi connectivity index (χ2v) is 11.0. The number of nitrogens with one attached hydrogen (secondary N) is 2. The summed E-state index contributed by atoms with van der Waals surface area (Å²) in [6.07, 6.45) is 6.36. The van der Waals surface area contributed by atoms with Crippen molar-refractivity contribution in [1.82, 2.24) is 4.90 Å². The molecule has 2 aromatic carbocycles. The number of carbonyl (C=O) groups is 1. The van der Waals surface area contributed by atoms with Gasteiger partial charge in [0.15, 0.2) is 0 Å². The van der Waals surface area contributed by atoms with E-state index in [0.29, 0.717) is 12.1 Å². The molecule has 0 radical (unpaired) electrons. The Morgan fingerprint density at radius 2 is 1.74 bits per heavy atom. The van der Waals surface area contributed by atoms with Gasteiger partial charge >= 0.3 is 5.97 Å². The zero-order chi connectivity index (χ0) is 25.4. The molecule has 0 saturated carbocycles. The predicted molar refractivity (Wildman–Crippen MR) is 142 cm³/mol. The minimum atomic E-state index is -4.01. The normalized spacial score (nSPS) is 14.7. The first-order valence-corrected chi connectivity index (χ1v) is 14.2. The van der Waals surface area contributed by atoms with E-state index in [1.165, 1.54) is 0 Å². The van der Waals surface area contributed by atoms with Crippen LogP contribution in [0.3, 0.4) is 0 Å². The van der Waals surface area contributed by atoms with Gasteiger partial charge in [0.2, 0.25) is 0 Å². The fourth-order valence-corrected chi connectivity index (χ4v) is 6.10. The fraction of sp³-hybridized carbons (Fsp3) is 0.519. The molecule has 0 aromatic heterocycles. The molecular formula is C27H39N3O4S. The van der Waals surface area contributed by atoms with Crippen LogP contribution in [0, 0.1) is 0 Å². The lowest BCUT2D eigenvalue weighted by Gasteiger charge is -2.22. The Morgan fingerprint density at radius 1 is 1.03 bits per heavy atom. The molecule has 0 unspecified atom stereocenters. The van der Waals surface area contributed by atoms with E-state index in [9.17, 15) is 18.3 Å². The van der Waals surface area contributed by atoms with Crippen LogP contribution in [0.2, 0.25) is 0 Å². The Bertz CT molecular complexity index is 1110. The summed E-state index contributed by atoms with van der Waals surface area (Å²) in [7, 11) is -4.01. The van der Waals surface area contributed by atoms with Crippen molar-refractivity contribution >= 4 is 27.4 Å². The summed E-state index contributed by atoms with van der Waals surface area (Å²) in [6.45, 7) is 9.40. The molecule has 0 saturated heterocycles. The van der Waals surface area contributed by atoms with Gasteiger partial charge in [-0.2, -0.15) is 0 Å². The van der Waals surface area contributed by atoms with E-state index in [4.69, 9.17) is 0 Å². The largest absolute Gasteiger partial charge is 0.478 e. The fourth-order valence-electron chi connectivity index (χ4n) is 4.85. The standard InChI is InChI=1S/C27H39N3O4S/c1-4-30(5-2)19-11-12-20(3)28-23-15-9-10-16-25(23)35(33,34)29-24-18-17-21-13-7-6-8-14-22(21)26(24)27(31)32/h9-10,15-18,20,28-29H,4-8,11-14,19H2,1-3H3,(H,31,32)/t20-/m0/s1. The Hall–Kier alpha value is -2.58. The van der Waals surface area contributed by atoms with Crippen molar-refractivity contribution in [1.29, 1.82) is 0 Å². The van der Waals surface area contributed by atoms with Crippen molar-refractivity contribution in [2.75, 3.05) is 29.7 Å². The molecule has 8 heteroatoms. The molecule has 0 aliphatic heterocycles. The van der Waals surface area contributed by atoms with Gasteiger partial charge in [0.05, 0.1) is 16.9 Å². The van der Waals surface area contributed by atoms with E-state index in [2.05, 4.69) is 28.8 Å². The highest BCUT2D eigenvalue weighted by Gasteiger charge is 2.25. The number of aryl methyl sites for hydroxylation is 1. The number of sulfonamides is 1. The van der Waals surface area contributed by atoms with E-state index in [1.54, 1.807) is 30.3 Å². The zero-order valence-electron chi connectivity index (χ0n) is 21.1. The summed E-state index contributed by atoms with van der Waals surface area (Å²) in [5.41, 5.74) is 2.47. The van der Waals surface area contributed by atoms with Crippen LogP contribution in [0.25, 0.3) is 0 Å². The zero-order valence-corrected chi connectivity index (χ0v) is 22.0. The highest BCUT2D eigenvalue weighted by Crippen LogP contribution is 2.32. The van der Waals surface area contributed by atoms with Gasteiger partial charge in [-0.3, -0.25) is 4.72 Å². The molecular weight excluding hydrogens is 462 g/mol. The van der Waals surface area contributed by atoms with Crippen LogP contribution in [0.5, 0.6) is 0 Å². The van der Waals surface area contributed by atoms with E-state index in [1.807, 2.05) is 13.0 Å². The van der Waals surface area contributed by atoms with E-state index in [-0.39, 0.29) is 22.2 Å². The van der Waals surface area contributed by atoms with E-state index in [0.717, 1.165) is 69.3 Å². The van der Waals surface area contributed by atoms with Crippen molar-refractivity contribution in [3.63, 3.8) is 0 Å². The average Bonchev–Trinajstić information content (AvgIpc) is 3.07. The van der Waals surface area contributed by atoms with E-state index < -0.39 is 16.0 Å². The monoisotopic (exact) mass is 501 g/mol. The first-order valence-electron chi connectivity index (χ1n) is 12.8. The summed E-state index contributed by atoms with van der Waals surface area (Å²) >= 11 is 0. The second kappa shape index (κ2) is 12.4. The van der Waals surface area contributed by atoms with Crippen LogP contribution in [0.4, 0.5) is 11.4 Å². The third kappa shape index (κ3) is 6.98. The maximum atomic E-state index is 13.4. The van der Waals surface area contributed by atoms with Gasteiger partial charge in [-0.15, -0.1) is 0 Å². The number of aromatic carboxylic acids is 1. The highest BCUT2D eigenvalue weighted by molar-refractivity contribution is 7.92. The highest BCUT2D eigenvalue weighted by atomic mass is 32.2. The summed E-state index contributed by atoms with van der Waals surface area (Å²) in [4.78, 5) is 14.7. The first-order chi connectivity index (χ1) is 16.8. The molecule has 1 aliphatic rings. The summed E-state index contributed by atoms with van der Waals surface area (Å²) in [5, 5.41) is 13.3. The molecule has 7 nitrogen and oxygen atoms in total. The SMILES string of the molecule is CCN(CC)CCC[C@H](C)Nc1ccccc1S(=O)(=O)Nc1ccc2c(c1C(=O)O)CCCCC2. The summed E-state index contributed by atoms with van der Waals surface area (Å²) in [5.74, 6) is -1.10. The van der Waals surface area contributed by atoms with Crippen LogP contribution < -0.4 is 10.0 Å². The molecule has 0 fully saturated rings. The van der Waals surface area contributed by atoms with Crippen molar-refractivity contribution in [2.45, 2.75) is 76.7 Å². The van der Waals surface area contributed by atoms with E-state index >= 15 is 0 Å². The van der Waals surface area contributed by atoms with Crippen molar-refractivity contribution in [3.8, 4) is 0 Å². The summed E-state index contributed by atoms with van der Waals surface area (Å²) in [6, 6.07) is 10.3. The Balaban J connectivity index is 1.81. The van der Waals surface area contributed by atoms with Crippen LogP contribution in [-0.4, -0.2) is 50.1 Å². The van der Waals surface area contributed by atoms with Crippen molar-refractivity contribution in [2.24, 2.45) is 0 Å². The van der Waals surface area contributed by atoms with Gasteiger partial charge in [-0.05, 0) is 94.4 Å². The van der Waals surface area contributed by atoms with Gasteiger partial charge in [0.1, 0.15) is 4.90 Å². The quantitative estimate of drug-likeness (QED) is 0.338. The number of fused-ring (bicyclic) bond motifs is 1. The maximum absolute atomic E-state index is 13.4. The minimum absolute atomic E-state index is 0.0724. The number of para-hydroxylation sites is 1. The molecule has 3 rings (SSSR count). The Kier molecular flexibility index (Phi) is 9.57. The first kappa shape index (κ1) is 27.0. The topological polar surface area (TPSA) is 98.7 Å². The molecule has 0 heterocycles. The number of benzene rings is 2. The van der Waals surface area contributed by atoms with Crippen molar-refractivity contribution in [3.05, 3.63) is 53.1 Å². The number of carboxylic acids is 1.